The van der Waals surface area contributed by atoms with Gasteiger partial charge in [-0.1, -0.05) is 20.3 Å². The molecule has 0 bridgehead atoms. The predicted octanol–water partition coefficient (Wildman–Crippen LogP) is 4.58. The Balaban J connectivity index is 2.71. The molecule has 0 aliphatic rings. The molecule has 0 radical (unpaired) electrons. The van der Waals surface area contributed by atoms with Crippen LogP contribution in [0.25, 0.3) is 0 Å². The highest BCUT2D eigenvalue weighted by atomic mass is 79.9. The van der Waals surface area contributed by atoms with Crippen molar-refractivity contribution in [1.29, 1.82) is 0 Å². The Bertz CT molecular complexity index is 377. The zero-order valence-corrected chi connectivity index (χ0v) is 12.8. The van der Waals surface area contributed by atoms with Crippen LogP contribution in [0.1, 0.15) is 39.2 Å². The molecule has 3 N–H and O–H groups in total. The highest BCUT2D eigenvalue weighted by Crippen LogP contribution is 2.29. The number of nitrogens with one attached hydrogen (secondary N) is 1. The van der Waals surface area contributed by atoms with E-state index in [1.54, 1.807) is 0 Å². The zero-order valence-electron chi connectivity index (χ0n) is 11.2. The molecule has 1 rings (SSSR count). The molecule has 96 valence electrons. The van der Waals surface area contributed by atoms with Gasteiger partial charge in [-0.25, -0.2) is 0 Å². The summed E-state index contributed by atoms with van der Waals surface area (Å²) in [5, 5.41) is 3.54. The minimum atomic E-state index is 0.476. The summed E-state index contributed by atoms with van der Waals surface area (Å²) >= 11 is 3.55. The van der Waals surface area contributed by atoms with E-state index >= 15 is 0 Å². The van der Waals surface area contributed by atoms with Crippen molar-refractivity contribution in [3.63, 3.8) is 0 Å². The van der Waals surface area contributed by atoms with Gasteiger partial charge < -0.3 is 11.1 Å². The Morgan fingerprint density at radius 3 is 2.59 bits per heavy atom. The van der Waals surface area contributed by atoms with Gasteiger partial charge in [0.05, 0.1) is 0 Å². The van der Waals surface area contributed by atoms with E-state index < -0.39 is 0 Å². The van der Waals surface area contributed by atoms with Gasteiger partial charge >= 0.3 is 0 Å². The third kappa shape index (κ3) is 4.23. The van der Waals surface area contributed by atoms with Crippen molar-refractivity contribution in [3.8, 4) is 0 Å². The second kappa shape index (κ2) is 6.29. The summed E-state index contributed by atoms with van der Waals surface area (Å²) in [6.45, 7) is 8.79. The van der Waals surface area contributed by atoms with Gasteiger partial charge in [-0.2, -0.15) is 0 Å². The Hall–Kier alpha value is -0.700. The van der Waals surface area contributed by atoms with Gasteiger partial charge in [0.25, 0.3) is 0 Å². The fourth-order valence-electron chi connectivity index (χ4n) is 1.90. The van der Waals surface area contributed by atoms with Crippen LogP contribution in [0, 0.1) is 12.8 Å². The average Bonchev–Trinajstić information content (AvgIpc) is 2.25. The van der Waals surface area contributed by atoms with Crippen molar-refractivity contribution in [1.82, 2.24) is 0 Å². The van der Waals surface area contributed by atoms with Crippen molar-refractivity contribution >= 4 is 27.3 Å². The predicted molar refractivity (Wildman–Crippen MR) is 80.4 cm³/mol. The van der Waals surface area contributed by atoms with E-state index in [1.807, 2.05) is 13.0 Å². The topological polar surface area (TPSA) is 38.0 Å². The van der Waals surface area contributed by atoms with Gasteiger partial charge in [0.2, 0.25) is 0 Å². The third-order valence-corrected chi connectivity index (χ3v) is 3.87. The molecule has 1 aromatic rings. The molecule has 0 fully saturated rings. The second-order valence-corrected chi connectivity index (χ2v) is 5.84. The molecule has 0 aliphatic carbocycles. The van der Waals surface area contributed by atoms with Crippen molar-refractivity contribution in [3.05, 3.63) is 22.2 Å². The second-order valence-electron chi connectivity index (χ2n) is 4.98. The highest BCUT2D eigenvalue weighted by molar-refractivity contribution is 9.10. The summed E-state index contributed by atoms with van der Waals surface area (Å²) in [7, 11) is 0. The highest BCUT2D eigenvalue weighted by Gasteiger charge is 2.09. The van der Waals surface area contributed by atoms with Gasteiger partial charge in [0.15, 0.2) is 0 Å². The summed E-state index contributed by atoms with van der Waals surface area (Å²) in [6.07, 6.45) is 2.42. The molecule has 17 heavy (non-hydrogen) atoms. The first-order valence-corrected chi connectivity index (χ1v) is 7.05. The molecule has 3 heteroatoms. The number of hydrogen-bond donors (Lipinski definition) is 2. The Morgan fingerprint density at radius 1 is 1.35 bits per heavy atom. The minimum absolute atomic E-state index is 0.476. The molecule has 0 heterocycles. The normalized spacial score (nSPS) is 14.4. The average molecular weight is 299 g/mol. The first-order valence-electron chi connectivity index (χ1n) is 6.26. The quantitative estimate of drug-likeness (QED) is 0.781. The van der Waals surface area contributed by atoms with Crippen LogP contribution < -0.4 is 11.1 Å². The molecule has 2 nitrogen and oxygen atoms in total. The van der Waals surface area contributed by atoms with Crippen molar-refractivity contribution < 1.29 is 0 Å². The molecule has 0 spiro atoms. The van der Waals surface area contributed by atoms with Crippen LogP contribution in [0.5, 0.6) is 0 Å². The maximum absolute atomic E-state index is 5.86. The SMILES string of the molecule is CCC(C)CC(C)Nc1cc(C)c(N)cc1Br. The number of nitrogen functional groups attached to an aromatic ring is 1. The Kier molecular flexibility index (Phi) is 5.31. The van der Waals surface area contributed by atoms with Crippen molar-refractivity contribution in [2.24, 2.45) is 5.92 Å². The molecule has 0 amide bonds. The van der Waals surface area contributed by atoms with Crippen LogP contribution in [0.2, 0.25) is 0 Å². The van der Waals surface area contributed by atoms with Gasteiger partial charge in [-0.3, -0.25) is 0 Å². The van der Waals surface area contributed by atoms with E-state index in [2.05, 4.69) is 48.1 Å². The fraction of sp³-hybridized carbons (Fsp3) is 0.571. The molecule has 0 aliphatic heterocycles. The van der Waals surface area contributed by atoms with Crippen LogP contribution in [0.4, 0.5) is 11.4 Å². The van der Waals surface area contributed by atoms with E-state index in [0.717, 1.165) is 27.3 Å². The largest absolute Gasteiger partial charge is 0.398 e. The van der Waals surface area contributed by atoms with E-state index in [-0.39, 0.29) is 0 Å². The van der Waals surface area contributed by atoms with Crippen molar-refractivity contribution in [2.75, 3.05) is 11.1 Å². The van der Waals surface area contributed by atoms with Crippen LogP contribution in [-0.2, 0) is 0 Å². The zero-order chi connectivity index (χ0) is 13.0. The van der Waals surface area contributed by atoms with Crippen LogP contribution in [0.3, 0.4) is 0 Å². The molecule has 0 saturated heterocycles. The first-order chi connectivity index (χ1) is 7.93. The number of anilines is 2. The van der Waals surface area contributed by atoms with Gasteiger partial charge in [-0.05, 0) is 59.8 Å². The number of rotatable bonds is 5. The maximum Gasteiger partial charge on any atom is 0.0490 e. The lowest BCUT2D eigenvalue weighted by molar-refractivity contribution is 0.484. The molecule has 2 unspecified atom stereocenters. The first kappa shape index (κ1) is 14.4. The number of nitrogens with two attached hydrogens (primary N) is 1. The smallest absolute Gasteiger partial charge is 0.0490 e. The standard InChI is InChI=1S/C14H23BrN2/c1-5-9(2)6-11(4)17-14-7-10(3)13(16)8-12(14)15/h7-9,11,17H,5-6,16H2,1-4H3. The van der Waals surface area contributed by atoms with Crippen LogP contribution >= 0.6 is 15.9 Å². The van der Waals surface area contributed by atoms with Gasteiger partial charge in [0, 0.05) is 21.9 Å². The maximum atomic E-state index is 5.86. The summed E-state index contributed by atoms with van der Waals surface area (Å²) < 4.78 is 1.04. The lowest BCUT2D eigenvalue weighted by atomic mass is 10.00. The van der Waals surface area contributed by atoms with Gasteiger partial charge in [-0.15, -0.1) is 0 Å². The van der Waals surface area contributed by atoms with E-state index in [4.69, 9.17) is 5.73 Å². The number of hydrogen-bond acceptors (Lipinski definition) is 2. The summed E-state index contributed by atoms with van der Waals surface area (Å²) in [6, 6.07) is 4.55. The van der Waals surface area contributed by atoms with Crippen LogP contribution in [0.15, 0.2) is 16.6 Å². The number of aryl methyl sites for hydroxylation is 1. The number of benzene rings is 1. The molecule has 0 saturated carbocycles. The summed E-state index contributed by atoms with van der Waals surface area (Å²) in [5.74, 6) is 0.756. The van der Waals surface area contributed by atoms with E-state index in [0.29, 0.717) is 6.04 Å². The van der Waals surface area contributed by atoms with E-state index in [9.17, 15) is 0 Å². The number of halogens is 1. The summed E-state index contributed by atoms with van der Waals surface area (Å²) in [4.78, 5) is 0. The minimum Gasteiger partial charge on any atom is -0.398 e. The molecule has 0 aromatic heterocycles. The van der Waals surface area contributed by atoms with E-state index in [1.165, 1.54) is 12.8 Å². The fourth-order valence-corrected chi connectivity index (χ4v) is 2.38. The molecular weight excluding hydrogens is 276 g/mol. The lowest BCUT2D eigenvalue weighted by Gasteiger charge is -2.20. The molecular formula is C14H23BrN2. The van der Waals surface area contributed by atoms with Crippen molar-refractivity contribution in [2.45, 2.75) is 46.6 Å². The van der Waals surface area contributed by atoms with Gasteiger partial charge in [0.1, 0.15) is 0 Å². The lowest BCUT2D eigenvalue weighted by Crippen LogP contribution is -2.18. The summed E-state index contributed by atoms with van der Waals surface area (Å²) in [5.41, 5.74) is 8.94. The third-order valence-electron chi connectivity index (χ3n) is 3.21. The Labute approximate surface area is 113 Å². The monoisotopic (exact) mass is 298 g/mol. The molecule has 1 aromatic carbocycles. The Morgan fingerprint density at radius 2 is 2.00 bits per heavy atom. The molecule has 2 atom stereocenters. The van der Waals surface area contributed by atoms with Crippen LogP contribution in [-0.4, -0.2) is 6.04 Å².